The minimum atomic E-state index is -0.725. The lowest BCUT2D eigenvalue weighted by atomic mass is 9.78. The van der Waals surface area contributed by atoms with Gasteiger partial charge in [-0.2, -0.15) is 5.10 Å². The molecular formula is C17H21ClN2O. The summed E-state index contributed by atoms with van der Waals surface area (Å²) in [5.41, 5.74) is 3.68. The highest BCUT2D eigenvalue weighted by Crippen LogP contribution is 2.33. The molecule has 1 aromatic carbocycles. The van der Waals surface area contributed by atoms with Crippen molar-refractivity contribution in [3.05, 3.63) is 51.8 Å². The number of aliphatic hydroxyl groups is 1. The molecule has 1 N–H and O–H groups in total. The summed E-state index contributed by atoms with van der Waals surface area (Å²) in [6.07, 6.45) is 2.94. The van der Waals surface area contributed by atoms with E-state index in [1.54, 1.807) is 0 Å². The monoisotopic (exact) mass is 304 g/mol. The summed E-state index contributed by atoms with van der Waals surface area (Å²) in [6.45, 7) is 4.74. The van der Waals surface area contributed by atoms with Crippen LogP contribution < -0.4 is 0 Å². The van der Waals surface area contributed by atoms with Gasteiger partial charge >= 0.3 is 0 Å². The minimum Gasteiger partial charge on any atom is -0.389 e. The van der Waals surface area contributed by atoms with E-state index in [4.69, 9.17) is 11.6 Å². The summed E-state index contributed by atoms with van der Waals surface area (Å²) in [5, 5.41) is 16.2. The molecule has 0 bridgehead atoms. The van der Waals surface area contributed by atoms with Gasteiger partial charge in [0, 0.05) is 19.4 Å². The Balaban J connectivity index is 1.89. The van der Waals surface area contributed by atoms with Crippen LogP contribution in [0, 0.1) is 6.92 Å². The van der Waals surface area contributed by atoms with Crippen molar-refractivity contribution in [1.82, 2.24) is 9.78 Å². The van der Waals surface area contributed by atoms with Crippen molar-refractivity contribution in [2.24, 2.45) is 0 Å². The largest absolute Gasteiger partial charge is 0.389 e. The Morgan fingerprint density at radius 1 is 1.33 bits per heavy atom. The maximum absolute atomic E-state index is 11.0. The number of rotatable bonds is 3. The molecule has 1 aromatic heterocycles. The van der Waals surface area contributed by atoms with Gasteiger partial charge in [0.25, 0.3) is 0 Å². The Morgan fingerprint density at radius 3 is 2.76 bits per heavy atom. The van der Waals surface area contributed by atoms with Gasteiger partial charge in [-0.1, -0.05) is 35.9 Å². The zero-order valence-corrected chi connectivity index (χ0v) is 13.3. The van der Waals surface area contributed by atoms with Crippen molar-refractivity contribution in [3.8, 4) is 0 Å². The molecule has 112 valence electrons. The molecule has 0 saturated carbocycles. The number of aryl methyl sites for hydroxylation is 3. The highest BCUT2D eigenvalue weighted by molar-refractivity contribution is 6.31. The third kappa shape index (κ3) is 2.72. The number of halogens is 1. The molecule has 4 heteroatoms. The number of benzene rings is 1. The Kier molecular flexibility index (Phi) is 3.80. The summed E-state index contributed by atoms with van der Waals surface area (Å²) in [6, 6.07) is 8.37. The molecule has 1 unspecified atom stereocenters. The number of hydrogen-bond acceptors (Lipinski definition) is 2. The average Bonchev–Trinajstić information content (AvgIpc) is 2.74. The third-order valence-electron chi connectivity index (χ3n) is 4.45. The summed E-state index contributed by atoms with van der Waals surface area (Å²) < 4.78 is 1.91. The van der Waals surface area contributed by atoms with Crippen LogP contribution in [0.2, 0.25) is 5.02 Å². The van der Waals surface area contributed by atoms with E-state index in [0.717, 1.165) is 30.8 Å². The summed E-state index contributed by atoms with van der Waals surface area (Å²) in [5.74, 6) is 0. The third-order valence-corrected chi connectivity index (χ3v) is 4.94. The molecule has 1 aliphatic rings. The van der Waals surface area contributed by atoms with Gasteiger partial charge in [-0.05, 0) is 37.8 Å². The summed E-state index contributed by atoms with van der Waals surface area (Å²) in [4.78, 5) is 0. The van der Waals surface area contributed by atoms with E-state index in [-0.39, 0.29) is 0 Å². The Bertz CT molecular complexity index is 665. The fraction of sp³-hybridized carbons (Fsp3) is 0.471. The predicted molar refractivity (Wildman–Crippen MR) is 84.8 cm³/mol. The van der Waals surface area contributed by atoms with Crippen molar-refractivity contribution < 1.29 is 5.11 Å². The van der Waals surface area contributed by atoms with Crippen LogP contribution in [0.4, 0.5) is 0 Å². The molecule has 0 saturated heterocycles. The van der Waals surface area contributed by atoms with Crippen molar-refractivity contribution >= 4 is 11.6 Å². The second-order valence-corrected chi connectivity index (χ2v) is 6.39. The van der Waals surface area contributed by atoms with E-state index in [0.29, 0.717) is 17.9 Å². The SMILES string of the molecule is CCn1nc(C)c(Cl)c1CC1(O)CCc2ccccc2C1. The molecular weight excluding hydrogens is 284 g/mol. The second-order valence-electron chi connectivity index (χ2n) is 6.01. The molecule has 1 atom stereocenters. The first kappa shape index (κ1) is 14.6. The van der Waals surface area contributed by atoms with Crippen molar-refractivity contribution in [2.75, 3.05) is 0 Å². The number of aromatic nitrogens is 2. The fourth-order valence-electron chi connectivity index (χ4n) is 3.28. The van der Waals surface area contributed by atoms with Gasteiger partial charge < -0.3 is 5.11 Å². The van der Waals surface area contributed by atoms with E-state index < -0.39 is 5.60 Å². The van der Waals surface area contributed by atoms with Crippen LogP contribution >= 0.6 is 11.6 Å². The highest BCUT2D eigenvalue weighted by atomic mass is 35.5. The molecule has 2 aromatic rings. The molecule has 0 radical (unpaired) electrons. The zero-order chi connectivity index (χ0) is 15.0. The molecule has 3 nitrogen and oxygen atoms in total. The van der Waals surface area contributed by atoms with Crippen molar-refractivity contribution in [3.63, 3.8) is 0 Å². The van der Waals surface area contributed by atoms with E-state index in [1.165, 1.54) is 11.1 Å². The standard InChI is InChI=1S/C17H21ClN2O/c1-3-20-15(16(18)12(2)19-20)11-17(21)9-8-13-6-4-5-7-14(13)10-17/h4-7,21H,3,8-11H2,1-2H3. The first-order valence-electron chi connectivity index (χ1n) is 7.53. The first-order valence-corrected chi connectivity index (χ1v) is 7.91. The number of nitrogens with zero attached hydrogens (tertiary/aromatic N) is 2. The van der Waals surface area contributed by atoms with Crippen LogP contribution in [0.15, 0.2) is 24.3 Å². The molecule has 0 aliphatic heterocycles. The number of hydrogen-bond donors (Lipinski definition) is 1. The summed E-state index contributed by atoms with van der Waals surface area (Å²) >= 11 is 6.38. The van der Waals surface area contributed by atoms with Gasteiger partial charge in [-0.3, -0.25) is 4.68 Å². The quantitative estimate of drug-likeness (QED) is 0.944. The van der Waals surface area contributed by atoms with Gasteiger partial charge in [-0.25, -0.2) is 0 Å². The van der Waals surface area contributed by atoms with Gasteiger partial charge in [0.05, 0.1) is 22.0 Å². The molecule has 0 spiro atoms. The van der Waals surface area contributed by atoms with E-state index in [9.17, 15) is 5.11 Å². The molecule has 0 amide bonds. The highest BCUT2D eigenvalue weighted by Gasteiger charge is 2.34. The smallest absolute Gasteiger partial charge is 0.0848 e. The van der Waals surface area contributed by atoms with Crippen molar-refractivity contribution in [2.45, 2.75) is 51.7 Å². The lowest BCUT2D eigenvalue weighted by Gasteiger charge is -2.33. The topological polar surface area (TPSA) is 38.0 Å². The normalized spacial score (nSPS) is 21.3. The maximum Gasteiger partial charge on any atom is 0.0848 e. The van der Waals surface area contributed by atoms with Crippen LogP contribution in [-0.2, 0) is 25.8 Å². The maximum atomic E-state index is 11.0. The van der Waals surface area contributed by atoms with Gasteiger partial charge in [0.2, 0.25) is 0 Å². The number of fused-ring (bicyclic) bond motifs is 1. The van der Waals surface area contributed by atoms with Crippen LogP contribution in [0.3, 0.4) is 0 Å². The van der Waals surface area contributed by atoms with E-state index in [2.05, 4.69) is 23.3 Å². The lowest BCUT2D eigenvalue weighted by molar-refractivity contribution is 0.0248. The van der Waals surface area contributed by atoms with Crippen LogP contribution in [0.5, 0.6) is 0 Å². The van der Waals surface area contributed by atoms with Crippen LogP contribution in [-0.4, -0.2) is 20.5 Å². The average molecular weight is 305 g/mol. The molecule has 1 aliphatic carbocycles. The Morgan fingerprint density at radius 2 is 2.05 bits per heavy atom. The van der Waals surface area contributed by atoms with Gasteiger partial charge in [0.15, 0.2) is 0 Å². The van der Waals surface area contributed by atoms with Crippen LogP contribution in [0.25, 0.3) is 0 Å². The fourth-order valence-corrected chi connectivity index (χ4v) is 3.49. The predicted octanol–water partition coefficient (Wildman–Crippen LogP) is 3.33. The lowest BCUT2D eigenvalue weighted by Crippen LogP contribution is -2.38. The van der Waals surface area contributed by atoms with Gasteiger partial charge in [-0.15, -0.1) is 0 Å². The summed E-state index contributed by atoms with van der Waals surface area (Å²) in [7, 11) is 0. The van der Waals surface area contributed by atoms with Crippen LogP contribution in [0.1, 0.15) is 35.9 Å². The van der Waals surface area contributed by atoms with Gasteiger partial charge in [0.1, 0.15) is 0 Å². The molecule has 3 rings (SSSR count). The Hall–Kier alpha value is -1.32. The Labute approximate surface area is 130 Å². The minimum absolute atomic E-state index is 0.564. The zero-order valence-electron chi connectivity index (χ0n) is 12.6. The van der Waals surface area contributed by atoms with E-state index >= 15 is 0 Å². The molecule has 1 heterocycles. The second kappa shape index (κ2) is 5.47. The molecule has 21 heavy (non-hydrogen) atoms. The molecule has 0 fully saturated rings. The van der Waals surface area contributed by atoms with Crippen molar-refractivity contribution in [1.29, 1.82) is 0 Å². The first-order chi connectivity index (χ1) is 10.0. The van der Waals surface area contributed by atoms with E-state index in [1.807, 2.05) is 24.6 Å².